The van der Waals surface area contributed by atoms with Crippen molar-refractivity contribution < 1.29 is 9.53 Å². The van der Waals surface area contributed by atoms with Gasteiger partial charge in [0, 0.05) is 19.2 Å². The van der Waals surface area contributed by atoms with Gasteiger partial charge in [0.25, 0.3) is 0 Å². The van der Waals surface area contributed by atoms with Gasteiger partial charge in [0.05, 0.1) is 12.1 Å². The van der Waals surface area contributed by atoms with Crippen molar-refractivity contribution in [2.75, 3.05) is 7.11 Å². The molecule has 0 aromatic rings. The largest absolute Gasteiger partial charge is 0.381 e. The summed E-state index contributed by atoms with van der Waals surface area (Å²) in [6.45, 7) is 6.00. The van der Waals surface area contributed by atoms with E-state index in [2.05, 4.69) is 17.6 Å². The number of ether oxygens (including phenoxy) is 1. The van der Waals surface area contributed by atoms with Crippen molar-refractivity contribution in [2.24, 2.45) is 0 Å². The van der Waals surface area contributed by atoms with Crippen LogP contribution in [-0.4, -0.2) is 37.2 Å². The highest BCUT2D eigenvalue weighted by Gasteiger charge is 2.31. The van der Waals surface area contributed by atoms with Crippen LogP contribution in [0.2, 0.25) is 0 Å². The van der Waals surface area contributed by atoms with Gasteiger partial charge in [-0.25, -0.2) is 0 Å². The Hall–Kier alpha value is -0.610. The molecule has 0 radical (unpaired) electrons. The highest BCUT2D eigenvalue weighted by Crippen LogP contribution is 2.22. The van der Waals surface area contributed by atoms with Gasteiger partial charge in [0.1, 0.15) is 0 Å². The summed E-state index contributed by atoms with van der Waals surface area (Å²) in [4.78, 5) is 11.7. The van der Waals surface area contributed by atoms with Crippen molar-refractivity contribution in [3.05, 3.63) is 0 Å². The van der Waals surface area contributed by atoms with Crippen molar-refractivity contribution in [1.29, 1.82) is 0 Å². The standard InChI is InChI=1S/C12H24N2O2/c1-5-8(2)13-12(15)9(3)14-10-6-11(7-10)16-4/h8-11,14H,5-7H2,1-4H3,(H,13,15). The summed E-state index contributed by atoms with van der Waals surface area (Å²) >= 11 is 0. The summed E-state index contributed by atoms with van der Waals surface area (Å²) in [6, 6.07) is 0.573. The van der Waals surface area contributed by atoms with Gasteiger partial charge in [0.2, 0.25) is 5.91 Å². The molecule has 0 spiro atoms. The van der Waals surface area contributed by atoms with Crippen molar-refractivity contribution in [3.8, 4) is 0 Å². The van der Waals surface area contributed by atoms with Crippen molar-refractivity contribution >= 4 is 5.91 Å². The van der Waals surface area contributed by atoms with E-state index in [0.29, 0.717) is 12.1 Å². The van der Waals surface area contributed by atoms with Crippen LogP contribution in [0.15, 0.2) is 0 Å². The fourth-order valence-electron chi connectivity index (χ4n) is 1.79. The van der Waals surface area contributed by atoms with Crippen molar-refractivity contribution in [3.63, 3.8) is 0 Å². The first-order valence-electron chi connectivity index (χ1n) is 6.16. The Bertz CT molecular complexity index is 227. The van der Waals surface area contributed by atoms with Crippen LogP contribution in [0.4, 0.5) is 0 Å². The van der Waals surface area contributed by atoms with Crippen LogP contribution < -0.4 is 10.6 Å². The van der Waals surface area contributed by atoms with Crippen LogP contribution in [0.3, 0.4) is 0 Å². The van der Waals surface area contributed by atoms with Crippen LogP contribution >= 0.6 is 0 Å². The maximum atomic E-state index is 11.7. The van der Waals surface area contributed by atoms with Crippen molar-refractivity contribution in [1.82, 2.24) is 10.6 Å². The second-order valence-electron chi connectivity index (χ2n) is 4.73. The molecule has 0 aromatic heterocycles. The molecule has 0 aliphatic heterocycles. The normalized spacial score (nSPS) is 28.0. The highest BCUT2D eigenvalue weighted by atomic mass is 16.5. The van der Waals surface area contributed by atoms with Crippen molar-refractivity contribution in [2.45, 2.75) is 64.3 Å². The van der Waals surface area contributed by atoms with Gasteiger partial charge < -0.3 is 15.4 Å². The highest BCUT2D eigenvalue weighted by molar-refractivity contribution is 5.81. The Balaban J connectivity index is 2.19. The Kier molecular flexibility index (Phi) is 5.22. The van der Waals surface area contributed by atoms with E-state index in [-0.39, 0.29) is 18.0 Å². The molecule has 4 heteroatoms. The molecule has 0 saturated heterocycles. The van der Waals surface area contributed by atoms with Crippen LogP contribution in [0.5, 0.6) is 0 Å². The van der Waals surface area contributed by atoms with Gasteiger partial charge in [-0.2, -0.15) is 0 Å². The van der Waals surface area contributed by atoms with E-state index in [0.717, 1.165) is 19.3 Å². The predicted molar refractivity (Wildman–Crippen MR) is 64.3 cm³/mol. The summed E-state index contributed by atoms with van der Waals surface area (Å²) in [7, 11) is 1.74. The van der Waals surface area contributed by atoms with E-state index in [1.165, 1.54) is 0 Å². The van der Waals surface area contributed by atoms with E-state index in [4.69, 9.17) is 4.74 Å². The second kappa shape index (κ2) is 6.21. The molecule has 2 unspecified atom stereocenters. The Morgan fingerprint density at radius 1 is 1.44 bits per heavy atom. The lowest BCUT2D eigenvalue weighted by molar-refractivity contribution is -0.124. The van der Waals surface area contributed by atoms with Crippen LogP contribution in [0, 0.1) is 0 Å². The number of hydrogen-bond donors (Lipinski definition) is 2. The van der Waals surface area contributed by atoms with Gasteiger partial charge in [-0.3, -0.25) is 4.79 Å². The van der Waals surface area contributed by atoms with Gasteiger partial charge in [-0.1, -0.05) is 6.92 Å². The van der Waals surface area contributed by atoms with Gasteiger partial charge >= 0.3 is 0 Å². The first-order valence-corrected chi connectivity index (χ1v) is 6.16. The summed E-state index contributed by atoms with van der Waals surface area (Å²) < 4.78 is 5.20. The molecule has 16 heavy (non-hydrogen) atoms. The van der Waals surface area contributed by atoms with Crippen LogP contribution in [0.1, 0.15) is 40.0 Å². The van der Waals surface area contributed by atoms with Crippen LogP contribution in [-0.2, 0) is 9.53 Å². The Morgan fingerprint density at radius 2 is 2.06 bits per heavy atom. The molecule has 94 valence electrons. The van der Waals surface area contributed by atoms with E-state index >= 15 is 0 Å². The first kappa shape index (κ1) is 13.5. The minimum Gasteiger partial charge on any atom is -0.381 e. The maximum Gasteiger partial charge on any atom is 0.237 e. The molecule has 1 rings (SSSR count). The minimum absolute atomic E-state index is 0.0928. The number of rotatable bonds is 6. The lowest BCUT2D eigenvalue weighted by atomic mass is 9.88. The zero-order valence-corrected chi connectivity index (χ0v) is 10.7. The molecular weight excluding hydrogens is 204 g/mol. The van der Waals surface area contributed by atoms with E-state index in [9.17, 15) is 4.79 Å². The first-order chi connectivity index (χ1) is 7.56. The summed E-state index contributed by atoms with van der Waals surface area (Å²) in [6.07, 6.45) is 3.37. The number of methoxy groups -OCH3 is 1. The monoisotopic (exact) mass is 228 g/mol. The zero-order valence-electron chi connectivity index (χ0n) is 10.7. The molecule has 0 heterocycles. The van der Waals surface area contributed by atoms with E-state index in [1.807, 2.05) is 13.8 Å². The number of nitrogens with one attached hydrogen (secondary N) is 2. The van der Waals surface area contributed by atoms with Gasteiger partial charge in [0.15, 0.2) is 0 Å². The zero-order chi connectivity index (χ0) is 12.1. The molecule has 2 N–H and O–H groups in total. The van der Waals surface area contributed by atoms with Gasteiger partial charge in [-0.15, -0.1) is 0 Å². The van der Waals surface area contributed by atoms with E-state index in [1.54, 1.807) is 7.11 Å². The summed E-state index contributed by atoms with van der Waals surface area (Å²) in [5, 5.41) is 6.29. The summed E-state index contributed by atoms with van der Waals surface area (Å²) in [5.41, 5.74) is 0. The molecule has 4 nitrogen and oxygen atoms in total. The third-order valence-electron chi connectivity index (χ3n) is 3.31. The third kappa shape index (κ3) is 3.76. The predicted octanol–water partition coefficient (Wildman–Crippen LogP) is 1.06. The number of amides is 1. The minimum atomic E-state index is -0.114. The average molecular weight is 228 g/mol. The molecule has 0 bridgehead atoms. The molecule has 0 aromatic carbocycles. The number of carbonyl (C=O) groups excluding carboxylic acids is 1. The lowest BCUT2D eigenvalue weighted by Gasteiger charge is -2.36. The molecule has 1 saturated carbocycles. The molecule has 2 atom stereocenters. The molecule has 1 fully saturated rings. The average Bonchev–Trinajstić information content (AvgIpc) is 2.21. The fraction of sp³-hybridized carbons (Fsp3) is 0.917. The lowest BCUT2D eigenvalue weighted by Crippen LogP contribution is -2.53. The number of hydrogen-bond acceptors (Lipinski definition) is 3. The number of carbonyl (C=O) groups is 1. The maximum absolute atomic E-state index is 11.7. The second-order valence-corrected chi connectivity index (χ2v) is 4.73. The fourth-order valence-corrected chi connectivity index (χ4v) is 1.79. The topological polar surface area (TPSA) is 50.4 Å². The molecule has 1 aliphatic rings. The smallest absolute Gasteiger partial charge is 0.237 e. The SMILES string of the molecule is CCC(C)NC(=O)C(C)NC1CC(OC)C1. The van der Waals surface area contributed by atoms with Gasteiger partial charge in [-0.05, 0) is 33.1 Å². The Morgan fingerprint density at radius 3 is 2.56 bits per heavy atom. The van der Waals surface area contributed by atoms with Crippen LogP contribution in [0.25, 0.3) is 0 Å². The quantitative estimate of drug-likeness (QED) is 0.714. The summed E-state index contributed by atoms with van der Waals surface area (Å²) in [5.74, 6) is 0.0928. The Labute approximate surface area is 98.1 Å². The molecule has 1 amide bonds. The molecule has 1 aliphatic carbocycles. The van der Waals surface area contributed by atoms with E-state index < -0.39 is 0 Å². The third-order valence-corrected chi connectivity index (χ3v) is 3.31. The molecular formula is C12H24N2O2.